The van der Waals surface area contributed by atoms with Crippen LogP contribution in [0.4, 0.5) is 0 Å². The van der Waals surface area contributed by atoms with E-state index in [4.69, 9.17) is 0 Å². The zero-order chi connectivity index (χ0) is 17.1. The molecule has 0 N–H and O–H groups in total. The lowest BCUT2D eigenvalue weighted by Crippen LogP contribution is -2.38. The molecule has 4 nitrogen and oxygen atoms in total. The average Bonchev–Trinajstić information content (AvgIpc) is 2.89. The maximum absolute atomic E-state index is 12.9. The van der Waals surface area contributed by atoms with Gasteiger partial charge in [-0.2, -0.15) is 0 Å². The van der Waals surface area contributed by atoms with Gasteiger partial charge in [-0.1, -0.05) is 42.5 Å². The first-order valence-corrected chi connectivity index (χ1v) is 8.31. The Morgan fingerprint density at radius 2 is 1.75 bits per heavy atom. The van der Waals surface area contributed by atoms with Crippen molar-refractivity contribution in [1.82, 2.24) is 14.5 Å². The predicted octanol–water partition coefficient (Wildman–Crippen LogP) is 3.78. The van der Waals surface area contributed by atoms with Crippen molar-refractivity contribution in [3.05, 3.63) is 66.0 Å². The smallest absolute Gasteiger partial charge is 0.243 e. The molecule has 0 fully saturated rings. The molecule has 4 heteroatoms. The first-order chi connectivity index (χ1) is 11.6. The fourth-order valence-electron chi connectivity index (χ4n) is 2.96. The van der Waals surface area contributed by atoms with Crippen LogP contribution in [0.1, 0.15) is 25.2 Å². The van der Waals surface area contributed by atoms with E-state index >= 15 is 0 Å². The van der Waals surface area contributed by atoms with Crippen molar-refractivity contribution in [2.75, 3.05) is 0 Å². The summed E-state index contributed by atoms with van der Waals surface area (Å²) in [6, 6.07) is 18.2. The number of rotatable bonds is 5. The zero-order valence-corrected chi connectivity index (χ0v) is 14.4. The third-order valence-corrected chi connectivity index (χ3v) is 4.28. The van der Waals surface area contributed by atoms with Crippen LogP contribution < -0.4 is 0 Å². The summed E-state index contributed by atoms with van der Waals surface area (Å²) in [5.74, 6) is 0.980. The topological polar surface area (TPSA) is 38.1 Å². The third kappa shape index (κ3) is 3.32. The van der Waals surface area contributed by atoms with Crippen molar-refractivity contribution in [1.29, 1.82) is 0 Å². The molecule has 0 spiro atoms. The maximum Gasteiger partial charge on any atom is 0.243 e. The number of nitrogens with zero attached hydrogens (tertiary/aromatic N) is 3. The minimum Gasteiger partial charge on any atom is -0.334 e. The molecule has 1 aromatic heterocycles. The Kier molecular flexibility index (Phi) is 4.65. The molecular formula is C20H23N3O. The Hall–Kier alpha value is -2.62. The van der Waals surface area contributed by atoms with Crippen molar-refractivity contribution in [3.8, 4) is 0 Å². The second kappa shape index (κ2) is 6.87. The van der Waals surface area contributed by atoms with Crippen LogP contribution in [-0.4, -0.2) is 26.4 Å². The Balaban J connectivity index is 1.84. The second-order valence-corrected chi connectivity index (χ2v) is 6.33. The van der Waals surface area contributed by atoms with Crippen molar-refractivity contribution < 1.29 is 4.79 Å². The number of carbonyl (C=O) groups is 1. The highest BCUT2D eigenvalue weighted by molar-refractivity contribution is 5.81. The van der Waals surface area contributed by atoms with Crippen molar-refractivity contribution in [3.63, 3.8) is 0 Å². The van der Waals surface area contributed by atoms with Crippen molar-refractivity contribution in [2.45, 2.75) is 39.9 Å². The Morgan fingerprint density at radius 1 is 1.08 bits per heavy atom. The van der Waals surface area contributed by atoms with E-state index in [9.17, 15) is 4.79 Å². The van der Waals surface area contributed by atoms with Gasteiger partial charge in [-0.3, -0.25) is 4.79 Å². The van der Waals surface area contributed by atoms with Gasteiger partial charge in [-0.25, -0.2) is 4.98 Å². The summed E-state index contributed by atoms with van der Waals surface area (Å²) in [7, 11) is 0. The molecule has 124 valence electrons. The largest absolute Gasteiger partial charge is 0.334 e. The van der Waals surface area contributed by atoms with Crippen LogP contribution >= 0.6 is 0 Å². The summed E-state index contributed by atoms with van der Waals surface area (Å²) in [4.78, 5) is 19.4. The van der Waals surface area contributed by atoms with Crippen LogP contribution in [0.3, 0.4) is 0 Å². The minimum atomic E-state index is 0.111. The fraction of sp³-hybridized carbons (Fsp3) is 0.300. The first-order valence-electron chi connectivity index (χ1n) is 8.31. The third-order valence-electron chi connectivity index (χ3n) is 4.28. The van der Waals surface area contributed by atoms with E-state index in [1.807, 2.05) is 58.9 Å². The molecule has 0 atom stereocenters. The minimum absolute atomic E-state index is 0.111. The standard InChI is InChI=1S/C20H23N3O/c1-15(2)22(13-17-9-5-4-6-10-17)20(24)14-23-16(3)21-18-11-7-8-12-19(18)23/h4-12,15H,13-14H2,1-3H3. The van der Waals surface area contributed by atoms with E-state index < -0.39 is 0 Å². The van der Waals surface area contributed by atoms with Gasteiger partial charge in [0.05, 0.1) is 11.0 Å². The molecule has 2 aromatic carbocycles. The Bertz CT molecular complexity index is 836. The summed E-state index contributed by atoms with van der Waals surface area (Å²) in [5.41, 5.74) is 3.08. The van der Waals surface area contributed by atoms with Crippen LogP contribution in [-0.2, 0) is 17.9 Å². The highest BCUT2D eigenvalue weighted by Gasteiger charge is 2.19. The molecule has 0 unspecified atom stereocenters. The van der Waals surface area contributed by atoms with Crippen molar-refractivity contribution in [2.24, 2.45) is 0 Å². The molecule has 0 bridgehead atoms. The highest BCUT2D eigenvalue weighted by atomic mass is 16.2. The van der Waals surface area contributed by atoms with E-state index in [-0.39, 0.29) is 11.9 Å². The number of amides is 1. The van der Waals surface area contributed by atoms with E-state index in [0.717, 1.165) is 22.4 Å². The van der Waals surface area contributed by atoms with Gasteiger partial charge in [-0.05, 0) is 38.5 Å². The highest BCUT2D eigenvalue weighted by Crippen LogP contribution is 2.17. The van der Waals surface area contributed by atoms with Gasteiger partial charge in [0, 0.05) is 12.6 Å². The van der Waals surface area contributed by atoms with Gasteiger partial charge in [0.15, 0.2) is 0 Å². The van der Waals surface area contributed by atoms with Crippen LogP contribution in [0.25, 0.3) is 11.0 Å². The number of hydrogen-bond donors (Lipinski definition) is 0. The van der Waals surface area contributed by atoms with Crippen LogP contribution in [0.15, 0.2) is 54.6 Å². The normalized spacial score (nSPS) is 11.2. The van der Waals surface area contributed by atoms with Gasteiger partial charge in [0.1, 0.15) is 12.4 Å². The number of carbonyl (C=O) groups excluding carboxylic acids is 1. The number of fused-ring (bicyclic) bond motifs is 1. The van der Waals surface area contributed by atoms with E-state index in [2.05, 4.69) is 31.0 Å². The molecule has 0 aliphatic heterocycles. The SMILES string of the molecule is Cc1nc2ccccc2n1CC(=O)N(Cc1ccccc1)C(C)C. The summed E-state index contributed by atoms with van der Waals surface area (Å²) >= 11 is 0. The Labute approximate surface area is 142 Å². The molecule has 1 heterocycles. The molecule has 3 rings (SSSR count). The molecule has 0 saturated heterocycles. The summed E-state index contributed by atoms with van der Waals surface area (Å²) in [5, 5.41) is 0. The van der Waals surface area contributed by atoms with Crippen LogP contribution in [0.2, 0.25) is 0 Å². The number of imidazole rings is 1. The predicted molar refractivity (Wildman–Crippen MR) is 96.6 cm³/mol. The molecule has 0 radical (unpaired) electrons. The average molecular weight is 321 g/mol. The van der Waals surface area contributed by atoms with E-state index in [1.165, 1.54) is 0 Å². The van der Waals surface area contributed by atoms with Crippen LogP contribution in [0.5, 0.6) is 0 Å². The molecular weight excluding hydrogens is 298 g/mol. The first kappa shape index (κ1) is 16.2. The maximum atomic E-state index is 12.9. The molecule has 24 heavy (non-hydrogen) atoms. The summed E-state index contributed by atoms with van der Waals surface area (Å²) < 4.78 is 2.00. The number of aryl methyl sites for hydroxylation is 1. The summed E-state index contributed by atoms with van der Waals surface area (Å²) in [6.07, 6.45) is 0. The molecule has 0 saturated carbocycles. The van der Waals surface area contributed by atoms with Gasteiger partial charge in [0.25, 0.3) is 0 Å². The molecule has 0 aliphatic rings. The van der Waals surface area contributed by atoms with Gasteiger partial charge >= 0.3 is 0 Å². The molecule has 0 aliphatic carbocycles. The zero-order valence-electron chi connectivity index (χ0n) is 14.4. The molecule has 3 aromatic rings. The summed E-state index contributed by atoms with van der Waals surface area (Å²) in [6.45, 7) is 7.00. The number of hydrogen-bond acceptors (Lipinski definition) is 2. The lowest BCUT2D eigenvalue weighted by Gasteiger charge is -2.27. The van der Waals surface area contributed by atoms with Gasteiger partial charge < -0.3 is 9.47 Å². The van der Waals surface area contributed by atoms with E-state index in [0.29, 0.717) is 13.1 Å². The van der Waals surface area contributed by atoms with Crippen molar-refractivity contribution >= 4 is 16.9 Å². The van der Waals surface area contributed by atoms with Gasteiger partial charge in [0.2, 0.25) is 5.91 Å². The Morgan fingerprint density at radius 3 is 2.46 bits per heavy atom. The lowest BCUT2D eigenvalue weighted by atomic mass is 10.2. The van der Waals surface area contributed by atoms with Crippen LogP contribution in [0, 0.1) is 6.92 Å². The number of para-hydroxylation sites is 2. The second-order valence-electron chi connectivity index (χ2n) is 6.33. The van der Waals surface area contributed by atoms with Gasteiger partial charge in [-0.15, -0.1) is 0 Å². The number of benzene rings is 2. The van der Waals surface area contributed by atoms with E-state index in [1.54, 1.807) is 0 Å². The fourth-order valence-corrected chi connectivity index (χ4v) is 2.96. The molecule has 1 amide bonds. The lowest BCUT2D eigenvalue weighted by molar-refractivity contribution is -0.134. The quantitative estimate of drug-likeness (QED) is 0.717. The monoisotopic (exact) mass is 321 g/mol. The number of aromatic nitrogens is 2.